The molecule has 2 saturated heterocycles. The maximum atomic E-state index is 12.9. The van der Waals surface area contributed by atoms with Gasteiger partial charge in [-0.25, -0.2) is 4.79 Å². The van der Waals surface area contributed by atoms with Crippen LogP contribution >= 0.6 is 0 Å². The normalized spacial score (nSPS) is 45.7. The number of esters is 1. The lowest BCUT2D eigenvalue weighted by Crippen LogP contribution is -2.63. The van der Waals surface area contributed by atoms with E-state index in [1.54, 1.807) is 24.3 Å². The van der Waals surface area contributed by atoms with Gasteiger partial charge in [-0.15, -0.1) is 0 Å². The summed E-state index contributed by atoms with van der Waals surface area (Å²) in [6, 6.07) is 8.94. The Kier molecular flexibility index (Phi) is 10.5. The fourth-order valence-corrected chi connectivity index (χ4v) is 6.30. The van der Waals surface area contributed by atoms with Crippen molar-refractivity contribution in [2.45, 2.75) is 98.4 Å². The quantitative estimate of drug-likeness (QED) is 0.0928. The third-order valence-corrected chi connectivity index (χ3v) is 8.86. The van der Waals surface area contributed by atoms with Crippen molar-refractivity contribution in [1.29, 1.82) is 0 Å². The fraction of sp³-hybridized carbons (Fsp3) is 0.633. The van der Waals surface area contributed by atoms with E-state index in [1.807, 2.05) is 6.07 Å². The predicted octanol–water partition coefficient (Wildman–Crippen LogP) is -3.38. The Labute approximate surface area is 263 Å². The summed E-state index contributed by atoms with van der Waals surface area (Å²) in [5, 5.41) is 93.8. The molecule has 46 heavy (non-hydrogen) atoms. The van der Waals surface area contributed by atoms with Crippen molar-refractivity contribution in [3.63, 3.8) is 0 Å². The Bertz CT molecular complexity index is 1240. The Morgan fingerprint density at radius 1 is 0.891 bits per heavy atom. The average Bonchev–Trinajstić information content (AvgIpc) is 3.24. The van der Waals surface area contributed by atoms with Crippen LogP contribution in [0.15, 0.2) is 48.7 Å². The van der Waals surface area contributed by atoms with E-state index in [0.717, 1.165) is 11.8 Å². The van der Waals surface area contributed by atoms with Gasteiger partial charge >= 0.3 is 5.97 Å². The van der Waals surface area contributed by atoms with Gasteiger partial charge in [0.2, 0.25) is 6.29 Å². The second-order valence-corrected chi connectivity index (χ2v) is 12.1. The first-order valence-electron chi connectivity index (χ1n) is 14.8. The maximum absolute atomic E-state index is 12.9. The Morgan fingerprint density at radius 3 is 2.20 bits per heavy atom. The Balaban J connectivity index is 1.29. The number of aliphatic hydroxyl groups is 9. The predicted molar refractivity (Wildman–Crippen MR) is 151 cm³/mol. The molecular weight excluding hydrogens is 616 g/mol. The molecule has 5 rings (SSSR count). The summed E-state index contributed by atoms with van der Waals surface area (Å²) in [7, 11) is 0. The second kappa shape index (κ2) is 13.9. The molecule has 0 amide bonds. The number of aliphatic hydroxyl groups excluding tert-OH is 8. The smallest absolute Gasteiger partial charge is 0.331 e. The van der Waals surface area contributed by atoms with Crippen molar-refractivity contribution in [2.24, 2.45) is 5.92 Å². The first-order valence-corrected chi connectivity index (χ1v) is 14.8. The first-order chi connectivity index (χ1) is 21.8. The van der Waals surface area contributed by atoms with Crippen LogP contribution in [0.5, 0.6) is 0 Å². The van der Waals surface area contributed by atoms with Gasteiger partial charge in [-0.2, -0.15) is 0 Å². The third kappa shape index (κ3) is 6.72. The van der Waals surface area contributed by atoms with Crippen LogP contribution in [0.1, 0.15) is 18.9 Å². The molecule has 4 aliphatic rings. The van der Waals surface area contributed by atoms with Gasteiger partial charge in [0.1, 0.15) is 60.0 Å². The number of carbonyl (C=O) groups excluding carboxylic acids is 1. The molecule has 1 aromatic carbocycles. The standard InChI is InChI=1S/C30H40O16/c1-29(46-18(33)8-7-14-5-3-2-4-6-14)11-17(32)30(40)9-10-41-28(25(29)30)45-27-24(39)22(37)20(35)16(44-27)13-42-26-23(38)21(36)19(34)15(12-31)43-26/h2-10,15-17,19-28,31-32,34-40H,11-13H2,1H3/b8-7+/t15?,16?,17-,19?,20?,21?,22?,23?,24?,25-,26?,27?,28+,29+,30-/m1/s1. The van der Waals surface area contributed by atoms with Gasteiger partial charge < -0.3 is 74.4 Å². The minimum absolute atomic E-state index is 0.225. The van der Waals surface area contributed by atoms with Crippen molar-refractivity contribution >= 4 is 12.0 Å². The van der Waals surface area contributed by atoms with Crippen molar-refractivity contribution in [1.82, 2.24) is 0 Å². The van der Waals surface area contributed by atoms with Crippen molar-refractivity contribution < 1.29 is 79.2 Å². The molecule has 3 aliphatic heterocycles. The van der Waals surface area contributed by atoms with E-state index in [-0.39, 0.29) is 6.42 Å². The maximum Gasteiger partial charge on any atom is 0.331 e. The Hall–Kier alpha value is -2.55. The molecule has 0 aromatic heterocycles. The van der Waals surface area contributed by atoms with Crippen molar-refractivity contribution in [3.8, 4) is 0 Å². The number of ether oxygens (including phenoxy) is 6. The van der Waals surface area contributed by atoms with E-state index in [0.29, 0.717) is 0 Å². The zero-order valence-corrected chi connectivity index (χ0v) is 24.7. The first kappa shape index (κ1) is 34.8. The highest BCUT2D eigenvalue weighted by Gasteiger charge is 2.66. The monoisotopic (exact) mass is 656 g/mol. The molecule has 16 nitrogen and oxygen atoms in total. The summed E-state index contributed by atoms with van der Waals surface area (Å²) in [5.41, 5.74) is -2.86. The summed E-state index contributed by atoms with van der Waals surface area (Å²) < 4.78 is 33.6. The van der Waals surface area contributed by atoms with Crippen LogP contribution in [0.25, 0.3) is 6.08 Å². The van der Waals surface area contributed by atoms with Gasteiger partial charge in [0, 0.05) is 12.5 Å². The third-order valence-electron chi connectivity index (χ3n) is 8.86. The highest BCUT2D eigenvalue weighted by Crippen LogP contribution is 2.51. The molecule has 1 aliphatic carbocycles. The molecular formula is C30H40O16. The summed E-state index contributed by atoms with van der Waals surface area (Å²) >= 11 is 0. The number of rotatable bonds is 9. The largest absolute Gasteiger partial charge is 0.472 e. The van der Waals surface area contributed by atoms with E-state index in [9.17, 15) is 50.8 Å². The molecule has 16 heteroatoms. The minimum Gasteiger partial charge on any atom is -0.472 e. The number of hydrogen-bond acceptors (Lipinski definition) is 16. The minimum atomic E-state index is -2.01. The van der Waals surface area contributed by atoms with Crippen LogP contribution in [-0.2, 0) is 33.2 Å². The lowest BCUT2D eigenvalue weighted by molar-refractivity contribution is -0.360. The van der Waals surface area contributed by atoms with Crippen LogP contribution in [0.2, 0.25) is 0 Å². The average molecular weight is 657 g/mol. The van der Waals surface area contributed by atoms with Gasteiger partial charge in [-0.1, -0.05) is 30.3 Å². The highest BCUT2D eigenvalue weighted by molar-refractivity contribution is 5.87. The van der Waals surface area contributed by atoms with Crippen LogP contribution in [0.3, 0.4) is 0 Å². The molecule has 3 heterocycles. The molecule has 15 atom stereocenters. The van der Waals surface area contributed by atoms with Gasteiger partial charge in [-0.05, 0) is 24.6 Å². The molecule has 10 unspecified atom stereocenters. The van der Waals surface area contributed by atoms with Crippen molar-refractivity contribution in [3.05, 3.63) is 54.3 Å². The molecule has 0 radical (unpaired) electrons. The summed E-state index contributed by atoms with van der Waals surface area (Å²) in [6.07, 6.45) is -14.8. The summed E-state index contributed by atoms with van der Waals surface area (Å²) in [4.78, 5) is 12.9. The van der Waals surface area contributed by atoms with Crippen LogP contribution < -0.4 is 0 Å². The highest BCUT2D eigenvalue weighted by atomic mass is 16.8. The lowest BCUT2D eigenvalue weighted by Gasteiger charge is -2.46. The SMILES string of the molecule is C[C@]1(OC(=O)/C=C/c2ccccc2)C[C@@H](O)[C@]2(O)C=CO[C@@H](OC3OC(COC4OC(CO)C(O)C(O)C4O)C(O)C(O)C3O)[C@@H]21. The molecule has 0 spiro atoms. The number of fused-ring (bicyclic) bond motifs is 1. The van der Waals surface area contributed by atoms with E-state index in [2.05, 4.69) is 0 Å². The zero-order chi connectivity index (χ0) is 33.4. The van der Waals surface area contributed by atoms with E-state index >= 15 is 0 Å². The van der Waals surface area contributed by atoms with Crippen molar-refractivity contribution in [2.75, 3.05) is 13.2 Å². The lowest BCUT2D eigenvalue weighted by atomic mass is 9.81. The van der Waals surface area contributed by atoms with Crippen LogP contribution in [0.4, 0.5) is 0 Å². The Morgan fingerprint density at radius 2 is 1.52 bits per heavy atom. The second-order valence-electron chi connectivity index (χ2n) is 12.1. The van der Waals surface area contributed by atoms with Gasteiger partial charge in [-0.3, -0.25) is 0 Å². The summed E-state index contributed by atoms with van der Waals surface area (Å²) in [6.45, 7) is 0.164. The van der Waals surface area contributed by atoms with E-state index in [4.69, 9.17) is 28.4 Å². The van der Waals surface area contributed by atoms with Gasteiger partial charge in [0.25, 0.3) is 0 Å². The molecule has 1 aromatic rings. The molecule has 256 valence electrons. The number of hydrogen-bond donors (Lipinski definition) is 9. The number of benzene rings is 1. The van der Waals surface area contributed by atoms with Gasteiger partial charge in [0.05, 0.1) is 31.5 Å². The molecule has 0 bridgehead atoms. The van der Waals surface area contributed by atoms with Gasteiger partial charge in [0.15, 0.2) is 12.6 Å². The van der Waals surface area contributed by atoms with Crippen LogP contribution in [-0.4, -0.2) is 150 Å². The topological polar surface area (TPSA) is 255 Å². The zero-order valence-electron chi connectivity index (χ0n) is 24.7. The van der Waals surface area contributed by atoms with E-state index < -0.39 is 110 Å². The number of carbonyl (C=O) groups is 1. The molecule has 3 fully saturated rings. The van der Waals surface area contributed by atoms with E-state index in [1.165, 1.54) is 25.2 Å². The molecule has 1 saturated carbocycles. The van der Waals surface area contributed by atoms with Crippen LogP contribution in [0, 0.1) is 5.92 Å². The molecule has 9 N–H and O–H groups in total. The summed E-state index contributed by atoms with van der Waals surface area (Å²) in [5.74, 6) is -2.06. The fourth-order valence-electron chi connectivity index (χ4n) is 6.30.